The highest BCUT2D eigenvalue weighted by atomic mass is 35.5. The summed E-state index contributed by atoms with van der Waals surface area (Å²) in [4.78, 5) is 4.93. The zero-order chi connectivity index (χ0) is 21.7. The Morgan fingerprint density at radius 1 is 0.848 bits per heavy atom. The maximum atomic E-state index is 11.7. The standard InChI is InChI=1S/C27H38N2O2.2ClH/c1-22(23-9-5-3-6-10-23)31-25-13-11-24(12-14-25)26(27(30)15-7-4-8-16-27)21-29-19-17-28(2)18-20-29;;/h3,5-6,9-14,22,26,30H,4,7-8,15-21H2,1-2H3;2*1H/t22-,26?;;/m1../s1. The van der Waals surface area contributed by atoms with Gasteiger partial charge in [-0.15, -0.1) is 24.8 Å². The summed E-state index contributed by atoms with van der Waals surface area (Å²) in [5.74, 6) is 1.03. The monoisotopic (exact) mass is 494 g/mol. The molecule has 33 heavy (non-hydrogen) atoms. The summed E-state index contributed by atoms with van der Waals surface area (Å²) in [6.07, 6.45) is 5.34. The number of rotatable bonds is 7. The lowest BCUT2D eigenvalue weighted by molar-refractivity contribution is -0.0337. The minimum atomic E-state index is -0.596. The van der Waals surface area contributed by atoms with Gasteiger partial charge in [-0.2, -0.15) is 0 Å². The van der Waals surface area contributed by atoms with E-state index in [0.29, 0.717) is 0 Å². The lowest BCUT2D eigenvalue weighted by atomic mass is 9.72. The Bertz CT molecular complexity index is 805. The molecule has 0 bridgehead atoms. The third kappa shape index (κ3) is 7.34. The lowest BCUT2D eigenvalue weighted by Crippen LogP contribution is -2.50. The Labute approximate surface area is 212 Å². The number of ether oxygens (including phenoxy) is 1. The van der Waals surface area contributed by atoms with E-state index in [0.717, 1.165) is 64.2 Å². The molecule has 4 rings (SSSR count). The number of nitrogens with zero attached hydrogens (tertiary/aromatic N) is 2. The lowest BCUT2D eigenvalue weighted by Gasteiger charge is -2.43. The second kappa shape index (κ2) is 13.0. The predicted octanol–water partition coefficient (Wildman–Crippen LogP) is 5.70. The molecule has 1 aliphatic heterocycles. The van der Waals surface area contributed by atoms with Gasteiger partial charge < -0.3 is 19.6 Å². The molecule has 184 valence electrons. The van der Waals surface area contributed by atoms with E-state index in [1.54, 1.807) is 0 Å². The molecule has 1 heterocycles. The van der Waals surface area contributed by atoms with Crippen LogP contribution in [0.25, 0.3) is 0 Å². The van der Waals surface area contributed by atoms with Gasteiger partial charge in [0, 0.05) is 38.6 Å². The molecule has 1 N–H and O–H groups in total. The zero-order valence-corrected chi connectivity index (χ0v) is 21.6. The molecule has 0 aromatic heterocycles. The highest BCUT2D eigenvalue weighted by Gasteiger charge is 2.39. The van der Waals surface area contributed by atoms with Crippen LogP contribution in [0.2, 0.25) is 0 Å². The summed E-state index contributed by atoms with van der Waals surface area (Å²) < 4.78 is 6.19. The minimum Gasteiger partial charge on any atom is -0.486 e. The van der Waals surface area contributed by atoms with Gasteiger partial charge in [0.1, 0.15) is 11.9 Å². The number of likely N-dealkylation sites (N-methyl/N-ethyl adjacent to an activating group) is 1. The summed E-state index contributed by atoms with van der Waals surface area (Å²) in [5, 5.41) is 11.7. The number of hydrogen-bond acceptors (Lipinski definition) is 4. The quantitative estimate of drug-likeness (QED) is 0.535. The fraction of sp³-hybridized carbons (Fsp3) is 0.556. The molecule has 2 aliphatic rings. The topological polar surface area (TPSA) is 35.9 Å². The van der Waals surface area contributed by atoms with Crippen molar-refractivity contribution in [1.29, 1.82) is 0 Å². The second-order valence-corrected chi connectivity index (χ2v) is 9.56. The molecule has 1 unspecified atom stereocenters. The van der Waals surface area contributed by atoms with Crippen molar-refractivity contribution in [1.82, 2.24) is 9.80 Å². The van der Waals surface area contributed by atoms with Crippen molar-refractivity contribution in [3.63, 3.8) is 0 Å². The van der Waals surface area contributed by atoms with Gasteiger partial charge in [0.05, 0.1) is 5.60 Å². The SMILES string of the molecule is C[C@@H](Oc1ccc(C(CN2CCN(C)CC2)C2(O)CCCCC2)cc1)c1ccccc1.Cl.Cl. The van der Waals surface area contributed by atoms with Gasteiger partial charge in [-0.3, -0.25) is 0 Å². The fourth-order valence-corrected chi connectivity index (χ4v) is 5.16. The first-order valence-corrected chi connectivity index (χ1v) is 12.0. The average molecular weight is 496 g/mol. The highest BCUT2D eigenvalue weighted by Crippen LogP contribution is 2.41. The molecule has 2 aromatic rings. The van der Waals surface area contributed by atoms with E-state index in [-0.39, 0.29) is 36.8 Å². The van der Waals surface area contributed by atoms with E-state index in [9.17, 15) is 5.11 Å². The van der Waals surface area contributed by atoms with Crippen LogP contribution in [-0.4, -0.2) is 60.3 Å². The molecular formula is C27H40Cl2N2O2. The van der Waals surface area contributed by atoms with Gasteiger partial charge in [-0.05, 0) is 50.1 Å². The first kappa shape index (κ1) is 27.9. The molecule has 0 spiro atoms. The van der Waals surface area contributed by atoms with Gasteiger partial charge in [0.2, 0.25) is 0 Å². The Balaban J connectivity index is 0.00000193. The first-order valence-electron chi connectivity index (χ1n) is 12.0. The summed E-state index contributed by atoms with van der Waals surface area (Å²) in [6, 6.07) is 18.9. The first-order chi connectivity index (χ1) is 15.0. The third-order valence-corrected chi connectivity index (χ3v) is 7.27. The van der Waals surface area contributed by atoms with Crippen LogP contribution >= 0.6 is 24.8 Å². The maximum Gasteiger partial charge on any atom is 0.121 e. The van der Waals surface area contributed by atoms with E-state index >= 15 is 0 Å². The van der Waals surface area contributed by atoms with Crippen LogP contribution in [0.4, 0.5) is 0 Å². The molecular weight excluding hydrogens is 455 g/mol. The smallest absolute Gasteiger partial charge is 0.121 e. The number of aliphatic hydroxyl groups is 1. The minimum absolute atomic E-state index is 0. The van der Waals surface area contributed by atoms with Gasteiger partial charge in [0.25, 0.3) is 0 Å². The van der Waals surface area contributed by atoms with Crippen LogP contribution < -0.4 is 4.74 Å². The van der Waals surface area contributed by atoms with Crippen molar-refractivity contribution in [2.45, 2.75) is 56.7 Å². The molecule has 0 radical (unpaired) electrons. The largest absolute Gasteiger partial charge is 0.486 e. The molecule has 0 amide bonds. The summed E-state index contributed by atoms with van der Waals surface area (Å²) in [6.45, 7) is 7.40. The van der Waals surface area contributed by atoms with Gasteiger partial charge >= 0.3 is 0 Å². The van der Waals surface area contributed by atoms with Gasteiger partial charge in [-0.1, -0.05) is 61.7 Å². The number of benzene rings is 2. The highest BCUT2D eigenvalue weighted by molar-refractivity contribution is 5.85. The van der Waals surface area contributed by atoms with Crippen molar-refractivity contribution in [3.05, 3.63) is 65.7 Å². The zero-order valence-electron chi connectivity index (χ0n) is 20.0. The Morgan fingerprint density at radius 3 is 2.06 bits per heavy atom. The van der Waals surface area contributed by atoms with Crippen LogP contribution in [0.5, 0.6) is 5.75 Å². The number of piperazine rings is 1. The Morgan fingerprint density at radius 2 is 1.45 bits per heavy atom. The molecule has 1 aliphatic carbocycles. The molecule has 4 nitrogen and oxygen atoms in total. The summed E-state index contributed by atoms with van der Waals surface area (Å²) in [5.41, 5.74) is 1.82. The van der Waals surface area contributed by atoms with E-state index < -0.39 is 5.60 Å². The molecule has 1 saturated heterocycles. The van der Waals surface area contributed by atoms with Crippen molar-refractivity contribution in [3.8, 4) is 5.75 Å². The van der Waals surface area contributed by atoms with Crippen LogP contribution in [0, 0.1) is 0 Å². The van der Waals surface area contributed by atoms with E-state index in [1.807, 2.05) is 18.2 Å². The van der Waals surface area contributed by atoms with E-state index in [1.165, 1.54) is 17.5 Å². The molecule has 2 atom stereocenters. The predicted molar refractivity (Wildman–Crippen MR) is 141 cm³/mol. The number of halogens is 2. The van der Waals surface area contributed by atoms with Crippen LogP contribution in [0.15, 0.2) is 54.6 Å². The summed E-state index contributed by atoms with van der Waals surface area (Å²) in [7, 11) is 2.19. The number of hydrogen-bond donors (Lipinski definition) is 1. The van der Waals surface area contributed by atoms with Crippen molar-refractivity contribution >= 4 is 24.8 Å². The Kier molecular flexibility index (Phi) is 11.0. The fourth-order valence-electron chi connectivity index (χ4n) is 5.16. The normalized spacial score (nSPS) is 20.7. The molecule has 2 fully saturated rings. The van der Waals surface area contributed by atoms with Gasteiger partial charge in [-0.25, -0.2) is 0 Å². The summed E-state index contributed by atoms with van der Waals surface area (Å²) >= 11 is 0. The molecule has 1 saturated carbocycles. The van der Waals surface area contributed by atoms with Crippen LogP contribution in [-0.2, 0) is 0 Å². The van der Waals surface area contributed by atoms with Crippen LogP contribution in [0.3, 0.4) is 0 Å². The van der Waals surface area contributed by atoms with E-state index in [4.69, 9.17) is 4.74 Å². The van der Waals surface area contributed by atoms with Crippen molar-refractivity contribution in [2.24, 2.45) is 0 Å². The van der Waals surface area contributed by atoms with Crippen molar-refractivity contribution in [2.75, 3.05) is 39.8 Å². The third-order valence-electron chi connectivity index (χ3n) is 7.27. The molecule has 6 heteroatoms. The average Bonchev–Trinajstić information content (AvgIpc) is 2.80. The van der Waals surface area contributed by atoms with E-state index in [2.05, 4.69) is 60.2 Å². The molecule has 2 aromatic carbocycles. The van der Waals surface area contributed by atoms with Gasteiger partial charge in [0.15, 0.2) is 0 Å². The van der Waals surface area contributed by atoms with Crippen LogP contribution in [0.1, 0.15) is 62.2 Å². The van der Waals surface area contributed by atoms with Crippen molar-refractivity contribution < 1.29 is 9.84 Å². The Hall–Kier alpha value is -1.30. The maximum absolute atomic E-state index is 11.7. The second-order valence-electron chi connectivity index (χ2n) is 9.56.